The maximum absolute atomic E-state index is 14.1. The molecule has 218 valence electrons. The average molecular weight is 576 g/mol. The zero-order valence-electron chi connectivity index (χ0n) is 24.3. The van der Waals surface area contributed by atoms with Crippen LogP contribution < -0.4 is 9.62 Å². The standard InChI is InChI=1S/C33H41N3O4S/c1-25-19-20-26(2)31(23-25)36(41(39,40)30-17-11-6-12-18-30)24-32(37)35(22-21-28-13-7-4-8-14-28)27(3)33(38)34-29-15-9-5-10-16-29/h4,6-8,11-14,17-20,23,27,29H,5,9-10,15-16,21-22,24H2,1-3H3,(H,34,38)/t27-/m1/s1. The number of aryl methyl sites for hydroxylation is 2. The van der Waals surface area contributed by atoms with Crippen LogP contribution in [0.3, 0.4) is 0 Å². The number of hydrogen-bond donors (Lipinski definition) is 1. The van der Waals surface area contributed by atoms with Gasteiger partial charge in [-0.15, -0.1) is 0 Å². The monoisotopic (exact) mass is 575 g/mol. The molecule has 0 unspecified atom stereocenters. The third-order valence-electron chi connectivity index (χ3n) is 7.85. The van der Waals surface area contributed by atoms with Crippen molar-refractivity contribution in [2.24, 2.45) is 0 Å². The van der Waals surface area contributed by atoms with E-state index in [4.69, 9.17) is 0 Å². The van der Waals surface area contributed by atoms with E-state index in [0.717, 1.165) is 42.4 Å². The molecule has 2 amide bonds. The summed E-state index contributed by atoms with van der Waals surface area (Å²) in [5, 5.41) is 3.15. The van der Waals surface area contributed by atoms with Gasteiger partial charge in [-0.1, -0.05) is 79.9 Å². The normalized spacial score (nSPS) is 14.7. The molecule has 8 heteroatoms. The Balaban J connectivity index is 1.65. The van der Waals surface area contributed by atoms with Crippen molar-refractivity contribution in [2.75, 3.05) is 17.4 Å². The minimum atomic E-state index is -4.07. The fourth-order valence-corrected chi connectivity index (χ4v) is 6.85. The minimum absolute atomic E-state index is 0.104. The van der Waals surface area contributed by atoms with Gasteiger partial charge in [-0.05, 0) is 74.9 Å². The second kappa shape index (κ2) is 13.8. The van der Waals surface area contributed by atoms with Crippen LogP contribution in [0.25, 0.3) is 0 Å². The van der Waals surface area contributed by atoms with Gasteiger partial charge in [0.05, 0.1) is 10.6 Å². The number of anilines is 1. The average Bonchev–Trinajstić information content (AvgIpc) is 2.98. The number of benzene rings is 3. The fourth-order valence-electron chi connectivity index (χ4n) is 5.36. The van der Waals surface area contributed by atoms with Gasteiger partial charge in [-0.3, -0.25) is 13.9 Å². The Bertz CT molecular complexity index is 1420. The number of carbonyl (C=O) groups excluding carboxylic acids is 2. The summed E-state index contributed by atoms with van der Waals surface area (Å²) in [6, 6.07) is 22.8. The Morgan fingerprint density at radius 2 is 1.54 bits per heavy atom. The van der Waals surface area contributed by atoms with Crippen LogP contribution in [0, 0.1) is 13.8 Å². The van der Waals surface area contributed by atoms with Crippen molar-refractivity contribution in [2.45, 2.75) is 76.3 Å². The molecule has 1 aliphatic carbocycles. The van der Waals surface area contributed by atoms with Gasteiger partial charge < -0.3 is 10.2 Å². The van der Waals surface area contributed by atoms with Crippen molar-refractivity contribution >= 4 is 27.5 Å². The van der Waals surface area contributed by atoms with Gasteiger partial charge in [0.25, 0.3) is 10.0 Å². The van der Waals surface area contributed by atoms with Crippen molar-refractivity contribution in [1.82, 2.24) is 10.2 Å². The third kappa shape index (κ3) is 7.76. The van der Waals surface area contributed by atoms with E-state index in [1.807, 2.05) is 56.3 Å². The van der Waals surface area contributed by atoms with Crippen LogP contribution in [0.1, 0.15) is 55.7 Å². The zero-order valence-corrected chi connectivity index (χ0v) is 25.1. The number of hydrogen-bond acceptors (Lipinski definition) is 4. The van der Waals surface area contributed by atoms with Gasteiger partial charge in [0.15, 0.2) is 0 Å². The van der Waals surface area contributed by atoms with Gasteiger partial charge in [0.1, 0.15) is 12.6 Å². The summed E-state index contributed by atoms with van der Waals surface area (Å²) in [4.78, 5) is 29.1. The highest BCUT2D eigenvalue weighted by Crippen LogP contribution is 2.28. The first-order valence-electron chi connectivity index (χ1n) is 14.5. The lowest BCUT2D eigenvalue weighted by Gasteiger charge is -2.33. The van der Waals surface area contributed by atoms with Crippen LogP contribution >= 0.6 is 0 Å². The lowest BCUT2D eigenvalue weighted by molar-refractivity contribution is -0.139. The summed E-state index contributed by atoms with van der Waals surface area (Å²) in [6.07, 6.45) is 5.75. The third-order valence-corrected chi connectivity index (χ3v) is 9.62. The van der Waals surface area contributed by atoms with Crippen molar-refractivity contribution < 1.29 is 18.0 Å². The summed E-state index contributed by atoms with van der Waals surface area (Å²) in [6.45, 7) is 5.32. The minimum Gasteiger partial charge on any atom is -0.352 e. The largest absolute Gasteiger partial charge is 0.352 e. The second-order valence-electron chi connectivity index (χ2n) is 11.0. The van der Waals surface area contributed by atoms with Crippen LogP contribution in [0.2, 0.25) is 0 Å². The van der Waals surface area contributed by atoms with E-state index in [2.05, 4.69) is 5.32 Å². The molecule has 3 aromatic carbocycles. The summed E-state index contributed by atoms with van der Waals surface area (Å²) in [7, 11) is -4.07. The van der Waals surface area contributed by atoms with Gasteiger partial charge in [0, 0.05) is 12.6 Å². The molecular weight excluding hydrogens is 534 g/mol. The van der Waals surface area contributed by atoms with E-state index in [1.54, 1.807) is 31.2 Å². The molecule has 0 spiro atoms. The molecular formula is C33H41N3O4S. The van der Waals surface area contributed by atoms with Gasteiger partial charge in [-0.25, -0.2) is 8.42 Å². The topological polar surface area (TPSA) is 86.8 Å². The number of rotatable bonds is 11. The molecule has 1 N–H and O–H groups in total. The van der Waals surface area contributed by atoms with Crippen LogP contribution in [-0.4, -0.2) is 50.3 Å². The van der Waals surface area contributed by atoms with E-state index in [1.165, 1.54) is 27.8 Å². The summed E-state index contributed by atoms with van der Waals surface area (Å²) in [5.41, 5.74) is 3.10. The van der Waals surface area contributed by atoms with Gasteiger partial charge >= 0.3 is 0 Å². The highest BCUT2D eigenvalue weighted by atomic mass is 32.2. The van der Waals surface area contributed by atoms with Crippen LogP contribution in [-0.2, 0) is 26.0 Å². The molecule has 7 nitrogen and oxygen atoms in total. The summed E-state index contributed by atoms with van der Waals surface area (Å²) in [5.74, 6) is -0.629. The van der Waals surface area contributed by atoms with Crippen LogP contribution in [0.15, 0.2) is 83.8 Å². The van der Waals surface area contributed by atoms with Crippen molar-refractivity contribution in [3.05, 3.63) is 95.6 Å². The SMILES string of the molecule is Cc1ccc(C)c(N(CC(=O)N(CCc2ccccc2)[C@H](C)C(=O)NC2CCCCC2)S(=O)(=O)c2ccccc2)c1. The van der Waals surface area contributed by atoms with E-state index in [0.29, 0.717) is 12.1 Å². The van der Waals surface area contributed by atoms with Gasteiger partial charge in [-0.2, -0.15) is 0 Å². The molecule has 0 saturated heterocycles. The summed E-state index contributed by atoms with van der Waals surface area (Å²) < 4.78 is 29.1. The Morgan fingerprint density at radius 1 is 0.902 bits per heavy atom. The molecule has 4 rings (SSSR count). The number of nitrogens with one attached hydrogen (secondary N) is 1. The first kappa shape index (κ1) is 30.3. The van der Waals surface area contributed by atoms with Crippen molar-refractivity contribution in [3.63, 3.8) is 0 Å². The molecule has 0 aromatic heterocycles. The molecule has 0 aliphatic heterocycles. The molecule has 3 aromatic rings. The molecule has 0 radical (unpaired) electrons. The van der Waals surface area contributed by atoms with Crippen molar-refractivity contribution in [1.29, 1.82) is 0 Å². The lowest BCUT2D eigenvalue weighted by atomic mass is 9.95. The van der Waals surface area contributed by atoms with Crippen LogP contribution in [0.4, 0.5) is 5.69 Å². The number of sulfonamides is 1. The lowest BCUT2D eigenvalue weighted by Crippen LogP contribution is -2.53. The fraction of sp³-hybridized carbons (Fsp3) is 0.394. The second-order valence-corrected chi connectivity index (χ2v) is 12.8. The Morgan fingerprint density at radius 3 is 2.20 bits per heavy atom. The molecule has 0 bridgehead atoms. The highest BCUT2D eigenvalue weighted by molar-refractivity contribution is 7.92. The molecule has 1 saturated carbocycles. The van der Waals surface area contributed by atoms with Crippen molar-refractivity contribution in [3.8, 4) is 0 Å². The number of amides is 2. The molecule has 1 atom stereocenters. The van der Waals surface area contributed by atoms with E-state index in [-0.39, 0.29) is 23.4 Å². The number of carbonyl (C=O) groups is 2. The predicted octanol–water partition coefficient (Wildman–Crippen LogP) is 5.41. The van der Waals surface area contributed by atoms with E-state index in [9.17, 15) is 18.0 Å². The van der Waals surface area contributed by atoms with E-state index < -0.39 is 28.5 Å². The molecule has 41 heavy (non-hydrogen) atoms. The molecule has 1 aliphatic rings. The Kier molecular flexibility index (Phi) is 10.2. The first-order valence-corrected chi connectivity index (χ1v) is 15.9. The molecule has 0 heterocycles. The Labute approximate surface area is 244 Å². The first-order chi connectivity index (χ1) is 19.7. The smallest absolute Gasteiger partial charge is 0.264 e. The van der Waals surface area contributed by atoms with Gasteiger partial charge in [0.2, 0.25) is 11.8 Å². The predicted molar refractivity (Wildman–Crippen MR) is 163 cm³/mol. The summed E-state index contributed by atoms with van der Waals surface area (Å²) >= 11 is 0. The maximum atomic E-state index is 14.1. The maximum Gasteiger partial charge on any atom is 0.264 e. The number of nitrogens with zero attached hydrogens (tertiary/aromatic N) is 2. The molecule has 1 fully saturated rings. The van der Waals surface area contributed by atoms with E-state index >= 15 is 0 Å². The van der Waals surface area contributed by atoms with Crippen LogP contribution in [0.5, 0.6) is 0 Å². The zero-order chi connectivity index (χ0) is 29.4. The Hall–Kier alpha value is -3.65. The quantitative estimate of drug-likeness (QED) is 0.331. The highest BCUT2D eigenvalue weighted by Gasteiger charge is 2.33.